The van der Waals surface area contributed by atoms with Gasteiger partial charge in [-0.05, 0) is 18.2 Å². The molecule has 0 aliphatic rings. The number of hydrogen-bond donors (Lipinski definition) is 1. The Labute approximate surface area is 112 Å². The molecule has 0 fully saturated rings. The van der Waals surface area contributed by atoms with Crippen LogP contribution in [0.5, 0.6) is 0 Å². The summed E-state index contributed by atoms with van der Waals surface area (Å²) in [6.45, 7) is 0. The number of anilines is 1. The third kappa shape index (κ3) is 2.54. The van der Waals surface area contributed by atoms with E-state index in [1.54, 1.807) is 0 Å². The van der Waals surface area contributed by atoms with E-state index in [4.69, 9.17) is 17.0 Å². The average Bonchev–Trinajstić information content (AvgIpc) is 2.38. The molecule has 2 nitrogen and oxygen atoms in total. The van der Waals surface area contributed by atoms with Gasteiger partial charge in [0.2, 0.25) is 0 Å². The van der Waals surface area contributed by atoms with Gasteiger partial charge in [-0.1, -0.05) is 41.9 Å². The molecule has 1 N–H and O–H groups in total. The zero-order valence-electron chi connectivity index (χ0n) is 10.4. The minimum atomic E-state index is 0.488. The molecule has 0 aliphatic carbocycles. The van der Waals surface area contributed by atoms with Gasteiger partial charge in [-0.15, -0.1) is 0 Å². The van der Waals surface area contributed by atoms with Crippen molar-refractivity contribution in [2.24, 2.45) is 0 Å². The van der Waals surface area contributed by atoms with E-state index in [1.165, 1.54) is 0 Å². The van der Waals surface area contributed by atoms with Crippen LogP contribution in [0, 0.1) is 5.41 Å². The van der Waals surface area contributed by atoms with Crippen LogP contribution in [-0.4, -0.2) is 19.8 Å². The quantitative estimate of drug-likeness (QED) is 0.833. The molecule has 92 valence electrons. The van der Waals surface area contributed by atoms with Crippen LogP contribution >= 0.6 is 11.6 Å². The normalized spacial score (nSPS) is 10.2. The number of halogens is 1. The highest BCUT2D eigenvalue weighted by molar-refractivity contribution is 6.31. The van der Waals surface area contributed by atoms with Gasteiger partial charge in [0.1, 0.15) is 0 Å². The predicted molar refractivity (Wildman–Crippen MR) is 78.2 cm³/mol. The molecule has 2 rings (SSSR count). The van der Waals surface area contributed by atoms with E-state index in [0.717, 1.165) is 16.8 Å². The van der Waals surface area contributed by atoms with Gasteiger partial charge in [-0.3, -0.25) is 5.41 Å². The first kappa shape index (κ1) is 12.7. The highest BCUT2D eigenvalue weighted by atomic mass is 35.5. The lowest BCUT2D eigenvalue weighted by Crippen LogP contribution is -2.14. The molecule has 3 heteroatoms. The molecule has 0 amide bonds. The molecule has 0 bridgehead atoms. The Morgan fingerprint density at radius 1 is 1.06 bits per heavy atom. The maximum atomic E-state index is 8.32. The van der Waals surface area contributed by atoms with Crippen LogP contribution in [0.2, 0.25) is 5.02 Å². The lowest BCUT2D eigenvalue weighted by molar-refractivity contribution is 1.13. The fraction of sp³-hybridized carbons (Fsp3) is 0.133. The molecule has 0 aromatic heterocycles. The van der Waals surface area contributed by atoms with Gasteiger partial charge in [0.25, 0.3) is 0 Å². The van der Waals surface area contributed by atoms with Crippen LogP contribution in [0.4, 0.5) is 5.69 Å². The second kappa shape index (κ2) is 5.23. The van der Waals surface area contributed by atoms with Crippen LogP contribution in [0.25, 0.3) is 0 Å². The summed E-state index contributed by atoms with van der Waals surface area (Å²) in [6, 6.07) is 15.3. The Bertz CT molecular complexity index is 562. The molecule has 0 atom stereocenters. The molecular weight excluding hydrogens is 244 g/mol. The van der Waals surface area contributed by atoms with Crippen LogP contribution < -0.4 is 4.90 Å². The fourth-order valence-electron chi connectivity index (χ4n) is 1.86. The minimum Gasteiger partial charge on any atom is -0.377 e. The first-order chi connectivity index (χ1) is 8.59. The molecule has 0 heterocycles. The summed E-state index contributed by atoms with van der Waals surface area (Å²) < 4.78 is 0. The van der Waals surface area contributed by atoms with Crippen molar-refractivity contribution < 1.29 is 0 Å². The Kier molecular flexibility index (Phi) is 3.68. The summed E-state index contributed by atoms with van der Waals surface area (Å²) >= 11 is 6.04. The van der Waals surface area contributed by atoms with Gasteiger partial charge in [0.15, 0.2) is 0 Å². The zero-order chi connectivity index (χ0) is 13.1. The van der Waals surface area contributed by atoms with Gasteiger partial charge in [0, 0.05) is 35.9 Å². The average molecular weight is 259 g/mol. The number of nitrogens with zero attached hydrogens (tertiary/aromatic N) is 1. The zero-order valence-corrected chi connectivity index (χ0v) is 11.2. The lowest BCUT2D eigenvalue weighted by atomic mass is 10.0. The third-order valence-electron chi connectivity index (χ3n) is 2.77. The molecule has 0 unspecified atom stereocenters. The maximum absolute atomic E-state index is 8.32. The van der Waals surface area contributed by atoms with E-state index in [2.05, 4.69) is 0 Å². The maximum Gasteiger partial charge on any atom is 0.0705 e. The molecular formula is C15H15ClN2. The first-order valence-electron chi connectivity index (χ1n) is 5.71. The van der Waals surface area contributed by atoms with E-state index < -0.39 is 0 Å². The van der Waals surface area contributed by atoms with E-state index in [-0.39, 0.29) is 0 Å². The summed E-state index contributed by atoms with van der Waals surface area (Å²) in [7, 11) is 3.93. The standard InChI is InChI=1S/C15H15ClN2/c1-18(2)14-9-8-12(16)10-13(14)15(17)11-6-4-3-5-7-11/h3-10,17H,1-2H3. The Morgan fingerprint density at radius 2 is 1.72 bits per heavy atom. The first-order valence-corrected chi connectivity index (χ1v) is 6.08. The molecule has 0 radical (unpaired) electrons. The van der Waals surface area contributed by atoms with Gasteiger partial charge in [-0.2, -0.15) is 0 Å². The Hall–Kier alpha value is -1.80. The second-order valence-electron chi connectivity index (χ2n) is 4.30. The number of hydrogen-bond acceptors (Lipinski definition) is 2. The molecule has 0 spiro atoms. The van der Waals surface area contributed by atoms with Crippen molar-refractivity contribution in [3.63, 3.8) is 0 Å². The smallest absolute Gasteiger partial charge is 0.0705 e. The van der Waals surface area contributed by atoms with Crippen molar-refractivity contribution >= 4 is 23.0 Å². The van der Waals surface area contributed by atoms with Crippen molar-refractivity contribution in [2.75, 3.05) is 19.0 Å². The van der Waals surface area contributed by atoms with Crippen molar-refractivity contribution in [2.45, 2.75) is 0 Å². The molecule has 2 aromatic carbocycles. The Balaban J connectivity index is 2.50. The second-order valence-corrected chi connectivity index (χ2v) is 4.73. The summed E-state index contributed by atoms with van der Waals surface area (Å²) in [5, 5.41) is 8.97. The summed E-state index contributed by atoms with van der Waals surface area (Å²) in [5.41, 5.74) is 3.22. The van der Waals surface area contributed by atoms with Crippen LogP contribution in [0.15, 0.2) is 48.5 Å². The van der Waals surface area contributed by atoms with Crippen molar-refractivity contribution in [1.82, 2.24) is 0 Å². The van der Waals surface area contributed by atoms with Crippen molar-refractivity contribution in [3.05, 3.63) is 64.7 Å². The van der Waals surface area contributed by atoms with E-state index in [9.17, 15) is 0 Å². The summed E-state index contributed by atoms with van der Waals surface area (Å²) in [4.78, 5) is 1.99. The topological polar surface area (TPSA) is 27.1 Å². The third-order valence-corrected chi connectivity index (χ3v) is 3.01. The molecule has 0 saturated heterocycles. The summed E-state index contributed by atoms with van der Waals surface area (Å²) in [6.07, 6.45) is 0. The van der Waals surface area contributed by atoms with E-state index >= 15 is 0 Å². The highest BCUT2D eigenvalue weighted by Crippen LogP contribution is 2.25. The SMILES string of the molecule is CN(C)c1ccc(Cl)cc1C(=N)c1ccccc1. The highest BCUT2D eigenvalue weighted by Gasteiger charge is 2.11. The molecule has 0 aliphatic heterocycles. The molecule has 0 saturated carbocycles. The van der Waals surface area contributed by atoms with Gasteiger partial charge >= 0.3 is 0 Å². The number of benzene rings is 2. The molecule has 2 aromatic rings. The predicted octanol–water partition coefficient (Wildman–Crippen LogP) is 3.82. The fourth-order valence-corrected chi connectivity index (χ4v) is 2.03. The van der Waals surface area contributed by atoms with Crippen LogP contribution in [0.1, 0.15) is 11.1 Å². The van der Waals surface area contributed by atoms with Gasteiger partial charge in [0.05, 0.1) is 5.71 Å². The van der Waals surface area contributed by atoms with E-state index in [1.807, 2.05) is 67.5 Å². The lowest BCUT2D eigenvalue weighted by Gasteiger charge is -2.18. The molecule has 18 heavy (non-hydrogen) atoms. The summed E-state index contributed by atoms with van der Waals surface area (Å²) in [5.74, 6) is 0. The number of nitrogens with one attached hydrogen (secondary N) is 1. The largest absolute Gasteiger partial charge is 0.377 e. The van der Waals surface area contributed by atoms with Gasteiger partial charge < -0.3 is 4.90 Å². The van der Waals surface area contributed by atoms with Crippen molar-refractivity contribution in [1.29, 1.82) is 5.41 Å². The van der Waals surface area contributed by atoms with Crippen LogP contribution in [0.3, 0.4) is 0 Å². The van der Waals surface area contributed by atoms with E-state index in [0.29, 0.717) is 10.7 Å². The van der Waals surface area contributed by atoms with Crippen molar-refractivity contribution in [3.8, 4) is 0 Å². The van der Waals surface area contributed by atoms with Crippen LogP contribution in [-0.2, 0) is 0 Å². The Morgan fingerprint density at radius 3 is 2.33 bits per heavy atom. The minimum absolute atomic E-state index is 0.488. The van der Waals surface area contributed by atoms with Gasteiger partial charge in [-0.25, -0.2) is 0 Å². The number of rotatable bonds is 3. The monoisotopic (exact) mass is 258 g/mol.